The molecule has 6 rings (SSSR count). The van der Waals surface area contributed by atoms with Gasteiger partial charge in [-0.05, 0) is 54.0 Å². The molecule has 0 bridgehead atoms. The molecule has 0 N–H and O–H groups in total. The number of aromatic nitrogens is 2. The first-order valence-electron chi connectivity index (χ1n) is 12.2. The summed E-state index contributed by atoms with van der Waals surface area (Å²) in [6.07, 6.45) is 3.36. The van der Waals surface area contributed by atoms with Gasteiger partial charge in [-0.1, -0.05) is 62.9 Å². The van der Waals surface area contributed by atoms with E-state index in [4.69, 9.17) is 0 Å². The van der Waals surface area contributed by atoms with Crippen LogP contribution in [0.2, 0.25) is 19.6 Å². The minimum absolute atomic E-state index is 0.653. The molecule has 0 saturated carbocycles. The maximum atomic E-state index is 2.57. The van der Waals surface area contributed by atoms with E-state index in [0.29, 0.717) is 5.92 Å². The molecule has 166 valence electrons. The fourth-order valence-corrected chi connectivity index (χ4v) is 6.95. The maximum Gasteiger partial charge on any atom is 0.224 e. The van der Waals surface area contributed by atoms with Gasteiger partial charge in [0.15, 0.2) is 6.20 Å². The molecular weight excluding hydrogens is 416 g/mol. The fraction of sp³-hybridized carbons (Fsp3) is 0.300. The SMILES string of the molecule is Cc1ccc2c3cc(CC(C)C)ccc3n3c4cc([Si](C)(C)C)cc5cc[n+](C)c(c1c23)c54. The minimum Gasteiger partial charge on any atom is -0.307 e. The molecule has 0 saturated heterocycles. The average Bonchev–Trinajstić information content (AvgIpc) is 3.07. The van der Waals surface area contributed by atoms with Gasteiger partial charge >= 0.3 is 0 Å². The normalized spacial score (nSPS) is 13.1. The smallest absolute Gasteiger partial charge is 0.224 e. The van der Waals surface area contributed by atoms with Gasteiger partial charge in [-0.3, -0.25) is 0 Å². The molecule has 3 heterocycles. The second kappa shape index (κ2) is 6.80. The van der Waals surface area contributed by atoms with Gasteiger partial charge in [-0.2, -0.15) is 0 Å². The van der Waals surface area contributed by atoms with Crippen LogP contribution in [0.3, 0.4) is 0 Å². The standard InChI is InChI=1S/C30H33N2Si/c1-18(2)14-20-9-11-25-24(15-20)23-10-8-19(3)27-29(23)32(25)26-17-22(33(5,6)7)16-21-12-13-31(4)30(27)28(21)26/h8-13,15-18H,14H2,1-7H3/q+1. The Bertz CT molecular complexity index is 1710. The van der Waals surface area contributed by atoms with Gasteiger partial charge in [0.1, 0.15) is 7.05 Å². The quantitative estimate of drug-likeness (QED) is 0.121. The number of nitrogens with zero attached hydrogens (tertiary/aromatic N) is 2. The van der Waals surface area contributed by atoms with E-state index in [0.717, 1.165) is 6.42 Å². The highest BCUT2D eigenvalue weighted by Crippen LogP contribution is 2.40. The van der Waals surface area contributed by atoms with Crippen molar-refractivity contribution in [1.82, 2.24) is 4.40 Å². The largest absolute Gasteiger partial charge is 0.307 e. The van der Waals surface area contributed by atoms with E-state index in [9.17, 15) is 0 Å². The van der Waals surface area contributed by atoms with Crippen LogP contribution in [0, 0.1) is 12.8 Å². The molecule has 6 aromatic rings. The van der Waals surface area contributed by atoms with Crippen LogP contribution < -0.4 is 9.75 Å². The summed E-state index contributed by atoms with van der Waals surface area (Å²) in [7, 11) is 0.711. The third kappa shape index (κ3) is 2.88. The van der Waals surface area contributed by atoms with Gasteiger partial charge < -0.3 is 4.40 Å². The van der Waals surface area contributed by atoms with Crippen molar-refractivity contribution in [2.24, 2.45) is 13.0 Å². The van der Waals surface area contributed by atoms with Crippen LogP contribution >= 0.6 is 0 Å². The predicted molar refractivity (Wildman–Crippen MR) is 146 cm³/mol. The molecule has 0 aliphatic carbocycles. The van der Waals surface area contributed by atoms with Gasteiger partial charge in [-0.25, -0.2) is 4.57 Å². The molecule has 2 nitrogen and oxygen atoms in total. The highest BCUT2D eigenvalue weighted by Gasteiger charge is 2.26. The first-order chi connectivity index (χ1) is 15.6. The van der Waals surface area contributed by atoms with Gasteiger partial charge in [0.25, 0.3) is 0 Å². The van der Waals surface area contributed by atoms with Crippen LogP contribution in [-0.2, 0) is 13.5 Å². The molecule has 3 aromatic carbocycles. The summed E-state index contributed by atoms with van der Waals surface area (Å²) in [5, 5.41) is 8.40. The minimum atomic E-state index is -1.49. The highest BCUT2D eigenvalue weighted by atomic mass is 28.3. The molecule has 0 radical (unpaired) electrons. The summed E-state index contributed by atoms with van der Waals surface area (Å²) < 4.78 is 4.90. The van der Waals surface area contributed by atoms with E-state index in [1.54, 1.807) is 0 Å². The number of hydrogen-bond acceptors (Lipinski definition) is 0. The zero-order valence-corrected chi connectivity index (χ0v) is 21.9. The Balaban J connectivity index is 1.94. The summed E-state index contributed by atoms with van der Waals surface area (Å²) in [6.45, 7) is 14.2. The van der Waals surface area contributed by atoms with Gasteiger partial charge in [0.05, 0.1) is 35.4 Å². The van der Waals surface area contributed by atoms with E-state index in [2.05, 4.69) is 111 Å². The van der Waals surface area contributed by atoms with Crippen molar-refractivity contribution in [2.45, 2.75) is 46.8 Å². The van der Waals surface area contributed by atoms with Crippen LogP contribution in [0.15, 0.2) is 54.7 Å². The van der Waals surface area contributed by atoms with E-state index in [1.165, 1.54) is 65.3 Å². The summed E-state index contributed by atoms with van der Waals surface area (Å²) in [5.41, 5.74) is 8.18. The Kier molecular flexibility index (Phi) is 4.26. The van der Waals surface area contributed by atoms with Gasteiger partial charge in [0, 0.05) is 16.8 Å². The number of pyridine rings is 2. The summed E-state index contributed by atoms with van der Waals surface area (Å²) in [5.74, 6) is 0.653. The van der Waals surface area contributed by atoms with E-state index >= 15 is 0 Å². The molecule has 0 aliphatic rings. The van der Waals surface area contributed by atoms with Crippen LogP contribution in [0.5, 0.6) is 0 Å². The second-order valence-corrected chi connectivity index (χ2v) is 16.5. The zero-order valence-electron chi connectivity index (χ0n) is 20.9. The average molecular weight is 450 g/mol. The van der Waals surface area contributed by atoms with Gasteiger partial charge in [0.2, 0.25) is 5.52 Å². The topological polar surface area (TPSA) is 8.29 Å². The van der Waals surface area contributed by atoms with Crippen molar-refractivity contribution in [3.63, 3.8) is 0 Å². The van der Waals surface area contributed by atoms with Crippen LogP contribution in [-0.4, -0.2) is 12.5 Å². The van der Waals surface area contributed by atoms with Crippen molar-refractivity contribution < 1.29 is 4.57 Å². The Morgan fingerprint density at radius 1 is 0.879 bits per heavy atom. The Morgan fingerprint density at radius 3 is 2.39 bits per heavy atom. The molecular formula is C30H33N2Si+. The summed E-state index contributed by atoms with van der Waals surface area (Å²) >= 11 is 0. The van der Waals surface area contributed by atoms with E-state index < -0.39 is 8.07 Å². The van der Waals surface area contributed by atoms with Crippen molar-refractivity contribution in [3.05, 3.63) is 65.9 Å². The number of fused-ring (bicyclic) bond motifs is 5. The lowest BCUT2D eigenvalue weighted by Gasteiger charge is -2.20. The number of aryl methyl sites for hydroxylation is 2. The lowest BCUT2D eigenvalue weighted by Crippen LogP contribution is -2.38. The Labute approximate surface area is 196 Å². The first kappa shape index (κ1) is 20.7. The van der Waals surface area contributed by atoms with Crippen molar-refractivity contribution in [1.29, 1.82) is 0 Å². The second-order valence-electron chi connectivity index (χ2n) is 11.4. The molecule has 3 heteroatoms. The molecule has 0 fully saturated rings. The zero-order chi connectivity index (χ0) is 23.2. The summed E-state index contributed by atoms with van der Waals surface area (Å²) in [6, 6.07) is 19.1. The van der Waals surface area contributed by atoms with Crippen LogP contribution in [0.1, 0.15) is 25.0 Å². The fourth-order valence-electron chi connectivity index (χ4n) is 5.80. The molecule has 0 spiro atoms. The molecule has 0 unspecified atom stereocenters. The number of hydrogen-bond donors (Lipinski definition) is 0. The summed E-state index contributed by atoms with van der Waals surface area (Å²) in [4.78, 5) is 0. The predicted octanol–water partition coefficient (Wildman–Crippen LogP) is 6.87. The number of rotatable bonds is 3. The third-order valence-electron chi connectivity index (χ3n) is 7.40. The Hall–Kier alpha value is -2.91. The van der Waals surface area contributed by atoms with Gasteiger partial charge in [-0.15, -0.1) is 0 Å². The molecule has 0 amide bonds. The third-order valence-corrected chi connectivity index (χ3v) is 9.43. The highest BCUT2D eigenvalue weighted by molar-refractivity contribution is 6.89. The molecule has 0 aliphatic heterocycles. The Morgan fingerprint density at radius 2 is 1.67 bits per heavy atom. The lowest BCUT2D eigenvalue weighted by atomic mass is 9.99. The molecule has 3 aromatic heterocycles. The lowest BCUT2D eigenvalue weighted by molar-refractivity contribution is -0.643. The van der Waals surface area contributed by atoms with E-state index in [-0.39, 0.29) is 0 Å². The van der Waals surface area contributed by atoms with Crippen molar-refractivity contribution >= 4 is 62.3 Å². The monoisotopic (exact) mass is 449 g/mol. The van der Waals surface area contributed by atoms with E-state index in [1.807, 2.05) is 0 Å². The molecule has 33 heavy (non-hydrogen) atoms. The van der Waals surface area contributed by atoms with Crippen molar-refractivity contribution in [2.75, 3.05) is 0 Å². The number of benzene rings is 3. The maximum absolute atomic E-state index is 2.57. The van der Waals surface area contributed by atoms with Crippen LogP contribution in [0.4, 0.5) is 0 Å². The van der Waals surface area contributed by atoms with Crippen molar-refractivity contribution in [3.8, 4) is 0 Å². The first-order valence-corrected chi connectivity index (χ1v) is 15.7. The van der Waals surface area contributed by atoms with Crippen LogP contribution in [0.25, 0.3) is 49.0 Å². The molecule has 0 atom stereocenters.